The fourth-order valence-electron chi connectivity index (χ4n) is 3.73. The van der Waals surface area contributed by atoms with Crippen molar-refractivity contribution in [2.24, 2.45) is 10.9 Å². The molecule has 0 aliphatic rings. The largest absolute Gasteiger partial charge is 0.384 e. The fourth-order valence-corrected chi connectivity index (χ4v) is 4.25. The molecule has 0 aliphatic heterocycles. The molecule has 4 aromatic rings. The van der Waals surface area contributed by atoms with Crippen LogP contribution in [0.2, 0.25) is 0 Å². The van der Waals surface area contributed by atoms with Gasteiger partial charge in [-0.15, -0.1) is 0 Å². The van der Waals surface area contributed by atoms with Gasteiger partial charge in [-0.1, -0.05) is 37.6 Å². The summed E-state index contributed by atoms with van der Waals surface area (Å²) in [5.41, 5.74) is 9.40. The third-order valence-electron chi connectivity index (χ3n) is 5.70. The molecule has 0 fully saturated rings. The number of rotatable bonds is 9. The molecule has 6 N–H and O–H groups in total. The first-order valence-corrected chi connectivity index (χ1v) is 13.1. The Kier molecular flexibility index (Phi) is 7.46. The Morgan fingerprint density at radius 3 is 2.41 bits per heavy atom. The van der Waals surface area contributed by atoms with Crippen molar-refractivity contribution in [3.05, 3.63) is 89.9 Å². The van der Waals surface area contributed by atoms with Gasteiger partial charge in [-0.2, -0.15) is 5.10 Å². The molecule has 2 aromatic heterocycles. The maximum absolute atomic E-state index is 13.3. The van der Waals surface area contributed by atoms with Gasteiger partial charge in [0.05, 0.1) is 16.3 Å². The van der Waals surface area contributed by atoms with Gasteiger partial charge in [0.25, 0.3) is 5.91 Å². The van der Waals surface area contributed by atoms with E-state index >= 15 is 0 Å². The third kappa shape index (κ3) is 6.08. The van der Waals surface area contributed by atoms with Gasteiger partial charge in [-0.05, 0) is 60.9 Å². The Balaban J connectivity index is 1.58. The van der Waals surface area contributed by atoms with Crippen LogP contribution in [-0.4, -0.2) is 34.9 Å². The maximum atomic E-state index is 13.3. The monoisotopic (exact) mass is 517 g/mol. The number of aryl methyl sites for hydroxylation is 1. The van der Waals surface area contributed by atoms with Gasteiger partial charge >= 0.3 is 0 Å². The van der Waals surface area contributed by atoms with Gasteiger partial charge in [0, 0.05) is 17.3 Å². The summed E-state index contributed by atoms with van der Waals surface area (Å²) >= 11 is 0. The maximum Gasteiger partial charge on any atom is 0.275 e. The molecule has 4 rings (SSSR count). The number of benzene rings is 2. The lowest BCUT2D eigenvalue weighted by molar-refractivity contribution is 0.101. The minimum absolute atomic E-state index is 0.0249. The number of nitrogens with two attached hydrogens (primary N) is 2. The smallest absolute Gasteiger partial charge is 0.275 e. The number of nitrogen functional groups attached to an aromatic ring is 1. The van der Waals surface area contributed by atoms with E-state index in [1.165, 1.54) is 12.1 Å². The van der Waals surface area contributed by atoms with Crippen LogP contribution in [0.1, 0.15) is 41.5 Å². The average molecular weight is 518 g/mol. The van der Waals surface area contributed by atoms with Crippen molar-refractivity contribution in [2.45, 2.75) is 31.1 Å². The molecule has 0 aliphatic carbocycles. The van der Waals surface area contributed by atoms with E-state index in [4.69, 9.17) is 16.3 Å². The van der Waals surface area contributed by atoms with Gasteiger partial charge in [0.1, 0.15) is 17.3 Å². The number of hydrogen-bond acceptors (Lipinski definition) is 6. The number of hydrogen-bond donors (Lipinski definition) is 4. The third-order valence-corrected chi connectivity index (χ3v) is 6.63. The number of amidine groups is 1. The SMILES string of the molecule is CCCCc1cc(C(=O)Nc2ccc(-c3ccc(S(N)(=O)=O)cc3)cn2)n(-c2cccc(C(=N)N)c2)n1. The first-order chi connectivity index (χ1) is 17.7. The lowest BCUT2D eigenvalue weighted by Crippen LogP contribution is -2.18. The Labute approximate surface area is 214 Å². The molecule has 1 amide bonds. The van der Waals surface area contributed by atoms with Crippen LogP contribution in [0.5, 0.6) is 0 Å². The number of anilines is 1. The number of sulfonamides is 1. The van der Waals surface area contributed by atoms with E-state index in [1.54, 1.807) is 65.5 Å². The summed E-state index contributed by atoms with van der Waals surface area (Å²) in [5.74, 6) is -0.119. The van der Waals surface area contributed by atoms with E-state index in [1.807, 2.05) is 0 Å². The van der Waals surface area contributed by atoms with Crippen LogP contribution in [0.15, 0.2) is 77.8 Å². The summed E-state index contributed by atoms with van der Waals surface area (Å²) in [6, 6.07) is 18.3. The fraction of sp³-hybridized carbons (Fsp3) is 0.154. The molecule has 0 saturated carbocycles. The summed E-state index contributed by atoms with van der Waals surface area (Å²) in [6.07, 6.45) is 4.25. The number of nitrogens with one attached hydrogen (secondary N) is 2. The van der Waals surface area contributed by atoms with Crippen molar-refractivity contribution in [3.8, 4) is 16.8 Å². The quantitative estimate of drug-likeness (QED) is 0.196. The number of primary sulfonamides is 1. The van der Waals surface area contributed by atoms with Crippen molar-refractivity contribution in [2.75, 3.05) is 5.32 Å². The van der Waals surface area contributed by atoms with Crippen molar-refractivity contribution >= 4 is 27.6 Å². The topological polar surface area (TPSA) is 170 Å². The number of carbonyl (C=O) groups excluding carboxylic acids is 1. The Morgan fingerprint density at radius 2 is 1.78 bits per heavy atom. The number of carbonyl (C=O) groups is 1. The second-order valence-electron chi connectivity index (χ2n) is 8.46. The second-order valence-corrected chi connectivity index (χ2v) is 10.0. The van der Waals surface area contributed by atoms with Gasteiger partial charge < -0.3 is 11.1 Å². The van der Waals surface area contributed by atoms with Crippen LogP contribution in [0, 0.1) is 5.41 Å². The number of nitrogens with zero attached hydrogens (tertiary/aromatic N) is 3. The zero-order chi connectivity index (χ0) is 26.6. The summed E-state index contributed by atoms with van der Waals surface area (Å²) < 4.78 is 24.5. The summed E-state index contributed by atoms with van der Waals surface area (Å²) in [5, 5.41) is 20.3. The predicted octanol–water partition coefficient (Wildman–Crippen LogP) is 3.46. The molecule has 11 heteroatoms. The summed E-state index contributed by atoms with van der Waals surface area (Å²) in [6.45, 7) is 2.09. The molecule has 0 unspecified atom stereocenters. The second kappa shape index (κ2) is 10.7. The molecule has 2 aromatic carbocycles. The predicted molar refractivity (Wildman–Crippen MR) is 142 cm³/mol. The Hall–Kier alpha value is -4.35. The van der Waals surface area contributed by atoms with E-state index in [-0.39, 0.29) is 16.6 Å². The highest BCUT2D eigenvalue weighted by molar-refractivity contribution is 7.89. The number of amides is 1. The van der Waals surface area contributed by atoms with Gasteiger partial charge in [0.2, 0.25) is 10.0 Å². The van der Waals surface area contributed by atoms with Gasteiger partial charge in [-0.25, -0.2) is 23.2 Å². The summed E-state index contributed by atoms with van der Waals surface area (Å²) in [4.78, 5) is 17.6. The van der Waals surface area contributed by atoms with E-state index in [0.717, 1.165) is 36.1 Å². The molecule has 0 bridgehead atoms. The summed E-state index contributed by atoms with van der Waals surface area (Å²) in [7, 11) is -3.77. The normalized spacial score (nSPS) is 11.3. The zero-order valence-electron chi connectivity index (χ0n) is 20.2. The molecule has 0 spiro atoms. The van der Waals surface area contributed by atoms with Crippen LogP contribution in [-0.2, 0) is 16.4 Å². The van der Waals surface area contributed by atoms with E-state index in [0.29, 0.717) is 22.8 Å². The number of aromatic nitrogens is 3. The molecule has 190 valence electrons. The van der Waals surface area contributed by atoms with Crippen molar-refractivity contribution in [1.29, 1.82) is 5.41 Å². The lowest BCUT2D eigenvalue weighted by atomic mass is 10.1. The van der Waals surface area contributed by atoms with E-state index in [9.17, 15) is 13.2 Å². The van der Waals surface area contributed by atoms with Crippen molar-refractivity contribution in [3.63, 3.8) is 0 Å². The Morgan fingerprint density at radius 1 is 1.05 bits per heavy atom. The van der Waals surface area contributed by atoms with E-state index in [2.05, 4.69) is 22.3 Å². The standard InChI is InChI=1S/C26H27N7O3S/c1-2-3-6-20-15-23(33(32-20)21-7-4-5-18(14-21)25(27)28)26(34)31-24-13-10-19(16-30-24)17-8-11-22(12-9-17)37(29,35)36/h4-5,7-16H,2-3,6H2,1H3,(H3,27,28)(H2,29,35,36)(H,30,31,34). The number of unbranched alkanes of at least 4 members (excludes halogenated alkanes) is 1. The molecule has 0 atom stereocenters. The van der Waals surface area contributed by atoms with Crippen LogP contribution < -0.4 is 16.2 Å². The molecule has 10 nitrogen and oxygen atoms in total. The molecular formula is C26H27N7O3S. The molecule has 0 radical (unpaired) electrons. The molecule has 0 saturated heterocycles. The average Bonchev–Trinajstić information content (AvgIpc) is 3.32. The zero-order valence-corrected chi connectivity index (χ0v) is 21.0. The van der Waals surface area contributed by atoms with Gasteiger partial charge in [-0.3, -0.25) is 10.2 Å². The van der Waals surface area contributed by atoms with Crippen molar-refractivity contribution < 1.29 is 13.2 Å². The van der Waals surface area contributed by atoms with Crippen LogP contribution in [0.25, 0.3) is 16.8 Å². The highest BCUT2D eigenvalue weighted by Gasteiger charge is 2.18. The highest BCUT2D eigenvalue weighted by atomic mass is 32.2. The lowest BCUT2D eigenvalue weighted by Gasteiger charge is -2.10. The highest BCUT2D eigenvalue weighted by Crippen LogP contribution is 2.22. The van der Waals surface area contributed by atoms with Crippen LogP contribution >= 0.6 is 0 Å². The first-order valence-electron chi connectivity index (χ1n) is 11.6. The molecular weight excluding hydrogens is 490 g/mol. The molecule has 37 heavy (non-hydrogen) atoms. The first kappa shape index (κ1) is 25.7. The van der Waals surface area contributed by atoms with Crippen LogP contribution in [0.4, 0.5) is 5.82 Å². The van der Waals surface area contributed by atoms with E-state index < -0.39 is 10.0 Å². The minimum atomic E-state index is -3.77. The van der Waals surface area contributed by atoms with Crippen molar-refractivity contribution in [1.82, 2.24) is 14.8 Å². The molecule has 2 heterocycles. The number of pyridine rings is 1. The Bertz CT molecular complexity index is 1540. The van der Waals surface area contributed by atoms with Crippen LogP contribution in [0.3, 0.4) is 0 Å². The van der Waals surface area contributed by atoms with Gasteiger partial charge in [0.15, 0.2) is 0 Å². The minimum Gasteiger partial charge on any atom is -0.384 e.